The van der Waals surface area contributed by atoms with E-state index in [9.17, 15) is 0 Å². The molecule has 1 N–H and O–H groups in total. The summed E-state index contributed by atoms with van der Waals surface area (Å²) in [4.78, 5) is 0. The van der Waals surface area contributed by atoms with Crippen LogP contribution in [0.25, 0.3) is 0 Å². The molecule has 0 aromatic heterocycles. The summed E-state index contributed by atoms with van der Waals surface area (Å²) in [5.74, 6) is 0.338. The number of ether oxygens (including phenoxy) is 1. The predicted molar refractivity (Wildman–Crippen MR) is 55.7 cm³/mol. The topological polar surface area (TPSA) is 29.5 Å². The molecule has 13 heavy (non-hydrogen) atoms. The number of aliphatic hydroxyl groups excluding tert-OH is 1. The minimum absolute atomic E-state index is 0.0968. The molecule has 0 bridgehead atoms. The Kier molecular flexibility index (Phi) is 6.00. The highest BCUT2D eigenvalue weighted by molar-refractivity contribution is 4.96. The zero-order valence-electron chi connectivity index (χ0n) is 9.21. The molecular formula is C11H22O2. The van der Waals surface area contributed by atoms with Gasteiger partial charge in [0.25, 0.3) is 0 Å². The van der Waals surface area contributed by atoms with Gasteiger partial charge < -0.3 is 9.84 Å². The fraction of sp³-hybridized carbons (Fsp3) is 0.818. The molecule has 0 fully saturated rings. The molecule has 0 aliphatic carbocycles. The van der Waals surface area contributed by atoms with Crippen LogP contribution < -0.4 is 0 Å². The van der Waals surface area contributed by atoms with E-state index in [0.717, 1.165) is 12.8 Å². The van der Waals surface area contributed by atoms with Crippen LogP contribution in [-0.4, -0.2) is 24.4 Å². The molecule has 0 amide bonds. The van der Waals surface area contributed by atoms with Gasteiger partial charge in [-0.05, 0) is 13.3 Å². The fourth-order valence-electron chi connectivity index (χ4n) is 1.48. The van der Waals surface area contributed by atoms with Crippen LogP contribution in [0.4, 0.5) is 0 Å². The third kappa shape index (κ3) is 3.92. The lowest BCUT2D eigenvalue weighted by atomic mass is 9.86. The van der Waals surface area contributed by atoms with Crippen molar-refractivity contribution in [1.29, 1.82) is 0 Å². The standard InChI is InChI=1S/C11H22O2/c1-5-8-11(3,13-4)10(2)7-6-9-12/h6-7,10,12H,5,8-9H2,1-4H3. The third-order valence-electron chi connectivity index (χ3n) is 2.71. The zero-order valence-corrected chi connectivity index (χ0v) is 9.21. The van der Waals surface area contributed by atoms with Crippen molar-refractivity contribution in [2.24, 2.45) is 5.92 Å². The normalized spacial score (nSPS) is 18.8. The molecule has 2 atom stereocenters. The summed E-state index contributed by atoms with van der Waals surface area (Å²) in [5.41, 5.74) is -0.0968. The highest BCUT2D eigenvalue weighted by atomic mass is 16.5. The van der Waals surface area contributed by atoms with E-state index in [0.29, 0.717) is 5.92 Å². The van der Waals surface area contributed by atoms with Gasteiger partial charge in [0.15, 0.2) is 0 Å². The van der Waals surface area contributed by atoms with Gasteiger partial charge in [0, 0.05) is 13.0 Å². The number of hydrogen-bond acceptors (Lipinski definition) is 2. The molecule has 0 spiro atoms. The molecule has 0 aliphatic heterocycles. The monoisotopic (exact) mass is 186 g/mol. The number of rotatable bonds is 6. The van der Waals surface area contributed by atoms with Gasteiger partial charge in [-0.1, -0.05) is 32.4 Å². The second-order valence-corrected chi connectivity index (χ2v) is 3.67. The molecule has 0 saturated heterocycles. The summed E-state index contributed by atoms with van der Waals surface area (Å²) in [5, 5.41) is 8.66. The molecule has 2 unspecified atom stereocenters. The average Bonchev–Trinajstić information content (AvgIpc) is 2.14. The van der Waals surface area contributed by atoms with E-state index in [2.05, 4.69) is 20.8 Å². The van der Waals surface area contributed by atoms with E-state index < -0.39 is 0 Å². The summed E-state index contributed by atoms with van der Waals surface area (Å²) < 4.78 is 5.50. The van der Waals surface area contributed by atoms with Crippen molar-refractivity contribution in [3.8, 4) is 0 Å². The smallest absolute Gasteiger partial charge is 0.0710 e. The SMILES string of the molecule is CCCC(C)(OC)C(C)C=CCO. The molecule has 0 saturated carbocycles. The van der Waals surface area contributed by atoms with Crippen LogP contribution in [0.2, 0.25) is 0 Å². The van der Waals surface area contributed by atoms with E-state index in [4.69, 9.17) is 9.84 Å². The summed E-state index contributed by atoms with van der Waals surface area (Å²) in [6.45, 7) is 6.49. The molecule has 78 valence electrons. The first-order valence-corrected chi connectivity index (χ1v) is 4.93. The van der Waals surface area contributed by atoms with Gasteiger partial charge in [-0.3, -0.25) is 0 Å². The maximum Gasteiger partial charge on any atom is 0.0710 e. The van der Waals surface area contributed by atoms with Gasteiger partial charge in [0.05, 0.1) is 12.2 Å². The first-order valence-electron chi connectivity index (χ1n) is 4.93. The largest absolute Gasteiger partial charge is 0.392 e. The van der Waals surface area contributed by atoms with Gasteiger partial charge in [0.1, 0.15) is 0 Å². The maximum atomic E-state index is 8.66. The molecule has 0 aromatic rings. The van der Waals surface area contributed by atoms with Crippen molar-refractivity contribution in [3.05, 3.63) is 12.2 Å². The molecule has 2 nitrogen and oxygen atoms in total. The van der Waals surface area contributed by atoms with E-state index in [1.165, 1.54) is 0 Å². The van der Waals surface area contributed by atoms with Gasteiger partial charge in [-0.2, -0.15) is 0 Å². The van der Waals surface area contributed by atoms with Crippen molar-refractivity contribution >= 4 is 0 Å². The van der Waals surface area contributed by atoms with Crippen LogP contribution in [0, 0.1) is 5.92 Å². The summed E-state index contributed by atoms with van der Waals surface area (Å²) >= 11 is 0. The van der Waals surface area contributed by atoms with E-state index in [-0.39, 0.29) is 12.2 Å². The van der Waals surface area contributed by atoms with Crippen LogP contribution in [-0.2, 0) is 4.74 Å². The van der Waals surface area contributed by atoms with Crippen LogP contribution in [0.5, 0.6) is 0 Å². The molecule has 0 rings (SSSR count). The van der Waals surface area contributed by atoms with Gasteiger partial charge >= 0.3 is 0 Å². The van der Waals surface area contributed by atoms with Crippen molar-refractivity contribution in [1.82, 2.24) is 0 Å². The Labute approximate surface area is 81.6 Å². The molecule has 2 heteroatoms. The van der Waals surface area contributed by atoms with Crippen molar-refractivity contribution < 1.29 is 9.84 Å². The van der Waals surface area contributed by atoms with E-state index in [1.54, 1.807) is 13.2 Å². The van der Waals surface area contributed by atoms with Crippen LogP contribution >= 0.6 is 0 Å². The summed E-state index contributed by atoms with van der Waals surface area (Å²) in [7, 11) is 1.75. The predicted octanol–water partition coefficient (Wildman–Crippen LogP) is 2.38. The maximum absolute atomic E-state index is 8.66. The Morgan fingerprint density at radius 3 is 2.54 bits per heavy atom. The second kappa shape index (κ2) is 6.17. The Hall–Kier alpha value is -0.340. The van der Waals surface area contributed by atoms with Crippen LogP contribution in [0.15, 0.2) is 12.2 Å². The lowest BCUT2D eigenvalue weighted by Crippen LogP contribution is -2.34. The van der Waals surface area contributed by atoms with Gasteiger partial charge in [-0.25, -0.2) is 0 Å². The molecule has 0 heterocycles. The number of methoxy groups -OCH3 is 1. The lowest BCUT2D eigenvalue weighted by molar-refractivity contribution is -0.0304. The Balaban J connectivity index is 4.27. The van der Waals surface area contributed by atoms with Gasteiger partial charge in [-0.15, -0.1) is 0 Å². The average molecular weight is 186 g/mol. The summed E-state index contributed by atoms with van der Waals surface area (Å²) in [6.07, 6.45) is 5.94. The summed E-state index contributed by atoms with van der Waals surface area (Å²) in [6, 6.07) is 0. The highest BCUT2D eigenvalue weighted by Gasteiger charge is 2.27. The minimum Gasteiger partial charge on any atom is -0.392 e. The first kappa shape index (κ1) is 12.7. The Morgan fingerprint density at radius 1 is 1.54 bits per heavy atom. The third-order valence-corrected chi connectivity index (χ3v) is 2.71. The zero-order chi connectivity index (χ0) is 10.3. The number of aliphatic hydroxyl groups is 1. The van der Waals surface area contributed by atoms with Crippen molar-refractivity contribution in [2.75, 3.05) is 13.7 Å². The Bertz CT molecular complexity index is 154. The van der Waals surface area contributed by atoms with Gasteiger partial charge in [0.2, 0.25) is 0 Å². The molecule has 0 radical (unpaired) electrons. The number of hydrogen-bond donors (Lipinski definition) is 1. The molecule has 0 aliphatic rings. The van der Waals surface area contributed by atoms with Crippen LogP contribution in [0.1, 0.15) is 33.6 Å². The fourth-order valence-corrected chi connectivity index (χ4v) is 1.48. The lowest BCUT2D eigenvalue weighted by Gasteiger charge is -2.32. The molecule has 0 aromatic carbocycles. The van der Waals surface area contributed by atoms with E-state index >= 15 is 0 Å². The second-order valence-electron chi connectivity index (χ2n) is 3.67. The quantitative estimate of drug-likeness (QED) is 0.645. The molecular weight excluding hydrogens is 164 g/mol. The van der Waals surface area contributed by atoms with Crippen molar-refractivity contribution in [2.45, 2.75) is 39.2 Å². The highest BCUT2D eigenvalue weighted by Crippen LogP contribution is 2.27. The van der Waals surface area contributed by atoms with E-state index in [1.807, 2.05) is 6.08 Å². The Morgan fingerprint density at radius 2 is 2.15 bits per heavy atom. The minimum atomic E-state index is -0.0968. The van der Waals surface area contributed by atoms with Crippen molar-refractivity contribution in [3.63, 3.8) is 0 Å². The first-order chi connectivity index (χ1) is 6.10. The van der Waals surface area contributed by atoms with Crippen LogP contribution in [0.3, 0.4) is 0 Å².